The van der Waals surface area contributed by atoms with E-state index >= 15 is 0 Å². The molecule has 1 fully saturated rings. The van der Waals surface area contributed by atoms with Gasteiger partial charge in [0.15, 0.2) is 9.84 Å². The summed E-state index contributed by atoms with van der Waals surface area (Å²) in [7, 11) is -6.01. The van der Waals surface area contributed by atoms with Crippen molar-refractivity contribution >= 4 is 19.9 Å². The Hall–Kier alpha value is -1.16. The molecule has 0 aromatic heterocycles. The molecule has 124 valence electrons. The van der Waals surface area contributed by atoms with Gasteiger partial charge in [-0.3, -0.25) is 0 Å². The van der Waals surface area contributed by atoms with Crippen molar-refractivity contribution in [3.63, 3.8) is 0 Å². The normalized spacial score (nSPS) is 17.4. The van der Waals surface area contributed by atoms with Crippen LogP contribution in [0.5, 0.6) is 5.75 Å². The lowest BCUT2D eigenvalue weighted by Crippen LogP contribution is -2.42. The van der Waals surface area contributed by atoms with Crippen LogP contribution >= 0.6 is 0 Å². The molecule has 1 aliphatic rings. The zero-order valence-corrected chi connectivity index (χ0v) is 14.1. The molecule has 0 unspecified atom stereocenters. The van der Waals surface area contributed by atoms with Crippen LogP contribution in [-0.4, -0.2) is 49.3 Å². The molecule has 2 rings (SSSR count). The number of nitrogens with one attached hydrogen (secondary N) is 2. The van der Waals surface area contributed by atoms with Gasteiger partial charge in [-0.05, 0) is 44.1 Å². The Morgan fingerprint density at radius 3 is 2.36 bits per heavy atom. The number of hydrogen-bond acceptors (Lipinski definition) is 6. The molecule has 0 atom stereocenters. The van der Waals surface area contributed by atoms with E-state index in [9.17, 15) is 16.8 Å². The lowest BCUT2D eigenvalue weighted by Gasteiger charge is -2.24. The first kappa shape index (κ1) is 17.2. The van der Waals surface area contributed by atoms with Crippen LogP contribution in [0.25, 0.3) is 0 Å². The molecule has 22 heavy (non-hydrogen) atoms. The number of rotatable bonds is 5. The molecule has 0 radical (unpaired) electrons. The van der Waals surface area contributed by atoms with Crippen LogP contribution in [0.2, 0.25) is 0 Å². The van der Waals surface area contributed by atoms with Crippen LogP contribution < -0.4 is 14.8 Å². The van der Waals surface area contributed by atoms with Crippen molar-refractivity contribution in [2.45, 2.75) is 28.7 Å². The third kappa shape index (κ3) is 3.97. The van der Waals surface area contributed by atoms with Crippen LogP contribution in [-0.2, 0) is 19.9 Å². The molecule has 0 saturated carbocycles. The topological polar surface area (TPSA) is 102 Å². The first-order valence-electron chi connectivity index (χ1n) is 6.85. The summed E-state index contributed by atoms with van der Waals surface area (Å²) in [5, 5.41) is 3.15. The van der Waals surface area contributed by atoms with Crippen LogP contribution in [0.3, 0.4) is 0 Å². The zero-order chi connectivity index (χ0) is 16.4. The SMILES string of the molecule is COc1ccc(S(C)(=O)=O)cc1S(=O)(=O)NC1CCNCC1. The van der Waals surface area contributed by atoms with E-state index in [2.05, 4.69) is 10.0 Å². The average molecular weight is 348 g/mol. The predicted octanol–water partition coefficient (Wildman–Crippen LogP) is 0.129. The van der Waals surface area contributed by atoms with Gasteiger partial charge in [-0.15, -0.1) is 0 Å². The Morgan fingerprint density at radius 1 is 1.18 bits per heavy atom. The second kappa shape index (κ2) is 6.53. The minimum atomic E-state index is -3.85. The second-order valence-electron chi connectivity index (χ2n) is 5.23. The summed E-state index contributed by atoms with van der Waals surface area (Å²) in [5.74, 6) is 0.119. The summed E-state index contributed by atoms with van der Waals surface area (Å²) in [5.41, 5.74) is 0. The molecule has 0 bridgehead atoms. The highest BCUT2D eigenvalue weighted by Gasteiger charge is 2.26. The molecule has 1 saturated heterocycles. The van der Waals surface area contributed by atoms with Gasteiger partial charge in [-0.2, -0.15) is 0 Å². The number of benzene rings is 1. The highest BCUT2D eigenvalue weighted by atomic mass is 32.2. The van der Waals surface area contributed by atoms with Gasteiger partial charge in [0, 0.05) is 12.3 Å². The van der Waals surface area contributed by atoms with E-state index in [1.807, 2.05) is 0 Å². The monoisotopic (exact) mass is 348 g/mol. The molecular formula is C13H20N2O5S2. The summed E-state index contributed by atoms with van der Waals surface area (Å²) in [6.45, 7) is 1.49. The van der Waals surface area contributed by atoms with Crippen molar-refractivity contribution in [1.82, 2.24) is 10.0 Å². The highest BCUT2D eigenvalue weighted by molar-refractivity contribution is 7.91. The van der Waals surface area contributed by atoms with Crippen molar-refractivity contribution in [2.75, 3.05) is 26.5 Å². The van der Waals surface area contributed by atoms with E-state index in [0.29, 0.717) is 12.8 Å². The van der Waals surface area contributed by atoms with Gasteiger partial charge in [-0.1, -0.05) is 0 Å². The molecule has 0 aliphatic carbocycles. The summed E-state index contributed by atoms with van der Waals surface area (Å²) >= 11 is 0. The minimum absolute atomic E-state index is 0.0565. The summed E-state index contributed by atoms with van der Waals surface area (Å²) in [4.78, 5) is -0.213. The molecule has 1 aliphatic heterocycles. The molecule has 1 aromatic carbocycles. The summed E-state index contributed by atoms with van der Waals surface area (Å²) in [6, 6.07) is 3.65. The Balaban J connectivity index is 2.39. The third-order valence-electron chi connectivity index (χ3n) is 3.51. The number of hydrogen-bond donors (Lipinski definition) is 2. The number of sulfone groups is 1. The smallest absolute Gasteiger partial charge is 0.244 e. The van der Waals surface area contributed by atoms with Crippen molar-refractivity contribution < 1.29 is 21.6 Å². The van der Waals surface area contributed by atoms with Crippen LogP contribution in [0.15, 0.2) is 28.0 Å². The van der Waals surface area contributed by atoms with Crippen molar-refractivity contribution in [3.05, 3.63) is 18.2 Å². The van der Waals surface area contributed by atoms with Gasteiger partial charge >= 0.3 is 0 Å². The molecule has 0 amide bonds. The van der Waals surface area contributed by atoms with Crippen LogP contribution in [0.4, 0.5) is 0 Å². The summed E-state index contributed by atoms with van der Waals surface area (Å²) in [6.07, 6.45) is 2.41. The number of methoxy groups -OCH3 is 1. The standard InChI is InChI=1S/C13H20N2O5S2/c1-20-12-4-3-11(21(2,16)17)9-13(12)22(18,19)15-10-5-7-14-8-6-10/h3-4,9-10,14-15H,5-8H2,1-2H3. The fraction of sp³-hybridized carbons (Fsp3) is 0.538. The zero-order valence-electron chi connectivity index (χ0n) is 12.5. The average Bonchev–Trinajstić information content (AvgIpc) is 2.46. The first-order chi connectivity index (χ1) is 10.2. The van der Waals surface area contributed by atoms with Gasteiger partial charge in [-0.25, -0.2) is 21.6 Å². The fourth-order valence-electron chi connectivity index (χ4n) is 2.32. The highest BCUT2D eigenvalue weighted by Crippen LogP contribution is 2.27. The largest absolute Gasteiger partial charge is 0.495 e. The molecule has 0 spiro atoms. The van der Waals surface area contributed by atoms with E-state index in [0.717, 1.165) is 25.4 Å². The maximum Gasteiger partial charge on any atom is 0.244 e. The molecule has 9 heteroatoms. The molecular weight excluding hydrogens is 328 g/mol. The molecule has 1 aromatic rings. The Labute approximate surface area is 131 Å². The second-order valence-corrected chi connectivity index (χ2v) is 8.93. The first-order valence-corrected chi connectivity index (χ1v) is 10.2. The van der Waals surface area contributed by atoms with Gasteiger partial charge < -0.3 is 10.1 Å². The third-order valence-corrected chi connectivity index (χ3v) is 6.17. The van der Waals surface area contributed by atoms with Crippen molar-refractivity contribution in [2.24, 2.45) is 0 Å². The van der Waals surface area contributed by atoms with E-state index in [-0.39, 0.29) is 21.6 Å². The van der Waals surface area contributed by atoms with E-state index < -0.39 is 19.9 Å². The van der Waals surface area contributed by atoms with E-state index in [4.69, 9.17) is 4.74 Å². The maximum absolute atomic E-state index is 12.6. The van der Waals surface area contributed by atoms with Crippen molar-refractivity contribution in [3.8, 4) is 5.75 Å². The van der Waals surface area contributed by atoms with Crippen LogP contribution in [0, 0.1) is 0 Å². The Bertz CT molecular complexity index is 738. The van der Waals surface area contributed by atoms with Gasteiger partial charge in [0.05, 0.1) is 12.0 Å². The van der Waals surface area contributed by atoms with Crippen LogP contribution in [0.1, 0.15) is 12.8 Å². The van der Waals surface area contributed by atoms with Gasteiger partial charge in [0.1, 0.15) is 10.6 Å². The fourth-order valence-corrected chi connectivity index (χ4v) is 4.54. The quantitative estimate of drug-likeness (QED) is 0.784. The van der Waals surface area contributed by atoms with Crippen molar-refractivity contribution in [1.29, 1.82) is 0 Å². The van der Waals surface area contributed by atoms with Gasteiger partial charge in [0.25, 0.3) is 0 Å². The lowest BCUT2D eigenvalue weighted by atomic mass is 10.1. The maximum atomic E-state index is 12.6. The summed E-state index contributed by atoms with van der Waals surface area (Å²) < 4.78 is 56.1. The Kier molecular flexibility index (Phi) is 5.10. The van der Waals surface area contributed by atoms with Gasteiger partial charge in [0.2, 0.25) is 10.0 Å². The number of piperidine rings is 1. The number of sulfonamides is 1. The Morgan fingerprint density at radius 2 is 1.82 bits per heavy atom. The molecule has 7 nitrogen and oxygen atoms in total. The predicted molar refractivity (Wildman–Crippen MR) is 82.3 cm³/mol. The lowest BCUT2D eigenvalue weighted by molar-refractivity contribution is 0.398. The van der Waals surface area contributed by atoms with E-state index in [1.54, 1.807) is 0 Å². The van der Waals surface area contributed by atoms with E-state index in [1.165, 1.54) is 19.2 Å². The molecule has 1 heterocycles. The minimum Gasteiger partial charge on any atom is -0.495 e. The molecule has 2 N–H and O–H groups in total. The number of ether oxygens (including phenoxy) is 1.